The highest BCUT2D eigenvalue weighted by Crippen LogP contribution is 2.23. The van der Waals surface area contributed by atoms with Crippen LogP contribution in [0.15, 0.2) is 30.3 Å². The van der Waals surface area contributed by atoms with Gasteiger partial charge in [-0.3, -0.25) is 10.1 Å². The lowest BCUT2D eigenvalue weighted by atomic mass is 10.1. The molecule has 0 spiro atoms. The molecule has 1 aromatic carbocycles. The van der Waals surface area contributed by atoms with E-state index in [-0.39, 0.29) is 6.04 Å². The number of carboxylic acids is 1. The second-order valence-electron chi connectivity index (χ2n) is 4.45. The largest absolute Gasteiger partial charge is 0.480 e. The molecule has 3 atom stereocenters. The standard InChI is InChI=1S/C13H17NO3/c15-11-8-4-7-10(11)14-12(13(16)17)9-5-2-1-3-6-9/h1-3,5-6,10-12,14-15H,4,7-8H2,(H,16,17). The summed E-state index contributed by atoms with van der Waals surface area (Å²) in [6, 6.07) is 8.20. The summed E-state index contributed by atoms with van der Waals surface area (Å²) in [4.78, 5) is 11.3. The number of aliphatic carboxylic acids is 1. The first-order valence-corrected chi connectivity index (χ1v) is 5.90. The zero-order valence-corrected chi connectivity index (χ0v) is 9.54. The lowest BCUT2D eigenvalue weighted by molar-refractivity contribution is -0.140. The van der Waals surface area contributed by atoms with Crippen molar-refractivity contribution in [1.82, 2.24) is 5.32 Å². The molecule has 3 N–H and O–H groups in total. The van der Waals surface area contributed by atoms with E-state index in [1.54, 1.807) is 12.1 Å². The summed E-state index contributed by atoms with van der Waals surface area (Å²) in [5, 5.41) is 22.0. The molecule has 0 radical (unpaired) electrons. The van der Waals surface area contributed by atoms with Crippen molar-refractivity contribution < 1.29 is 15.0 Å². The molecular formula is C13H17NO3. The van der Waals surface area contributed by atoms with Gasteiger partial charge in [-0.15, -0.1) is 0 Å². The van der Waals surface area contributed by atoms with E-state index in [0.29, 0.717) is 0 Å². The van der Waals surface area contributed by atoms with Gasteiger partial charge in [0.15, 0.2) is 0 Å². The highest BCUT2D eigenvalue weighted by atomic mass is 16.4. The summed E-state index contributed by atoms with van der Waals surface area (Å²) in [6.07, 6.45) is 2.09. The Hall–Kier alpha value is -1.39. The second kappa shape index (κ2) is 5.29. The molecule has 17 heavy (non-hydrogen) atoms. The van der Waals surface area contributed by atoms with E-state index in [0.717, 1.165) is 24.8 Å². The van der Waals surface area contributed by atoms with Gasteiger partial charge < -0.3 is 10.2 Å². The van der Waals surface area contributed by atoms with Crippen molar-refractivity contribution in [2.24, 2.45) is 0 Å². The minimum Gasteiger partial charge on any atom is -0.480 e. The summed E-state index contributed by atoms with van der Waals surface area (Å²) >= 11 is 0. The van der Waals surface area contributed by atoms with E-state index < -0.39 is 18.1 Å². The first-order valence-electron chi connectivity index (χ1n) is 5.90. The second-order valence-corrected chi connectivity index (χ2v) is 4.45. The van der Waals surface area contributed by atoms with Gasteiger partial charge in [0, 0.05) is 6.04 Å². The number of benzene rings is 1. The SMILES string of the molecule is O=C(O)C(NC1CCCC1O)c1ccccc1. The Balaban J connectivity index is 2.11. The molecule has 0 amide bonds. The minimum absolute atomic E-state index is 0.115. The predicted octanol–water partition coefficient (Wildman–Crippen LogP) is 1.32. The molecule has 1 aromatic rings. The van der Waals surface area contributed by atoms with Gasteiger partial charge in [-0.2, -0.15) is 0 Å². The maximum atomic E-state index is 11.3. The Kier molecular flexibility index (Phi) is 3.76. The molecule has 0 aromatic heterocycles. The van der Waals surface area contributed by atoms with E-state index >= 15 is 0 Å². The van der Waals surface area contributed by atoms with Crippen molar-refractivity contribution in [1.29, 1.82) is 0 Å². The van der Waals surface area contributed by atoms with Crippen LogP contribution in [0.25, 0.3) is 0 Å². The number of aliphatic hydroxyl groups is 1. The van der Waals surface area contributed by atoms with Gasteiger partial charge >= 0.3 is 5.97 Å². The van der Waals surface area contributed by atoms with Crippen LogP contribution in [0.2, 0.25) is 0 Å². The fourth-order valence-electron chi connectivity index (χ4n) is 2.30. The zero-order valence-electron chi connectivity index (χ0n) is 9.54. The fourth-order valence-corrected chi connectivity index (χ4v) is 2.30. The summed E-state index contributed by atoms with van der Waals surface area (Å²) in [7, 11) is 0. The first kappa shape index (κ1) is 12.1. The quantitative estimate of drug-likeness (QED) is 0.736. The van der Waals surface area contributed by atoms with Crippen LogP contribution >= 0.6 is 0 Å². The molecule has 0 bridgehead atoms. The summed E-state index contributed by atoms with van der Waals surface area (Å²) in [5.41, 5.74) is 0.721. The van der Waals surface area contributed by atoms with E-state index in [4.69, 9.17) is 0 Å². The Bertz CT molecular complexity index is 380. The van der Waals surface area contributed by atoms with Gasteiger partial charge in [-0.05, 0) is 24.8 Å². The number of hydrogen-bond acceptors (Lipinski definition) is 3. The smallest absolute Gasteiger partial charge is 0.325 e. The molecule has 4 heteroatoms. The number of carbonyl (C=O) groups is 1. The average molecular weight is 235 g/mol. The van der Waals surface area contributed by atoms with Crippen molar-refractivity contribution in [2.75, 3.05) is 0 Å². The molecule has 2 rings (SSSR count). The highest BCUT2D eigenvalue weighted by Gasteiger charge is 2.30. The van der Waals surface area contributed by atoms with Crippen LogP contribution in [-0.2, 0) is 4.79 Å². The molecular weight excluding hydrogens is 218 g/mol. The Morgan fingerprint density at radius 2 is 2.00 bits per heavy atom. The molecule has 4 nitrogen and oxygen atoms in total. The summed E-state index contributed by atoms with van der Waals surface area (Å²) in [6.45, 7) is 0. The van der Waals surface area contributed by atoms with Crippen LogP contribution in [0.3, 0.4) is 0 Å². The lowest BCUT2D eigenvalue weighted by Crippen LogP contribution is -2.41. The Morgan fingerprint density at radius 3 is 2.53 bits per heavy atom. The highest BCUT2D eigenvalue weighted by molar-refractivity contribution is 5.75. The molecule has 0 saturated heterocycles. The molecule has 0 aliphatic heterocycles. The normalized spacial score (nSPS) is 25.7. The minimum atomic E-state index is -0.907. The molecule has 1 saturated carbocycles. The third-order valence-corrected chi connectivity index (χ3v) is 3.24. The van der Waals surface area contributed by atoms with Gasteiger partial charge in [0.2, 0.25) is 0 Å². The summed E-state index contributed by atoms with van der Waals surface area (Å²) < 4.78 is 0. The number of carboxylic acid groups (broad SMARTS) is 1. The van der Waals surface area contributed by atoms with Crippen molar-refractivity contribution in [3.05, 3.63) is 35.9 Å². The van der Waals surface area contributed by atoms with Gasteiger partial charge in [-0.25, -0.2) is 0 Å². The average Bonchev–Trinajstić information content (AvgIpc) is 2.72. The lowest BCUT2D eigenvalue weighted by Gasteiger charge is -2.22. The van der Waals surface area contributed by atoms with Crippen LogP contribution in [-0.4, -0.2) is 28.3 Å². The topological polar surface area (TPSA) is 69.6 Å². The van der Waals surface area contributed by atoms with E-state index in [1.807, 2.05) is 18.2 Å². The van der Waals surface area contributed by atoms with Crippen molar-refractivity contribution in [3.63, 3.8) is 0 Å². The van der Waals surface area contributed by atoms with E-state index in [1.165, 1.54) is 0 Å². The van der Waals surface area contributed by atoms with Crippen LogP contribution in [0.1, 0.15) is 30.9 Å². The van der Waals surface area contributed by atoms with E-state index in [9.17, 15) is 15.0 Å². The molecule has 3 unspecified atom stereocenters. The fraction of sp³-hybridized carbons (Fsp3) is 0.462. The number of hydrogen-bond donors (Lipinski definition) is 3. The zero-order chi connectivity index (χ0) is 12.3. The number of rotatable bonds is 4. The molecule has 92 valence electrons. The van der Waals surface area contributed by atoms with Gasteiger partial charge in [-0.1, -0.05) is 30.3 Å². The van der Waals surface area contributed by atoms with Gasteiger partial charge in [0.1, 0.15) is 6.04 Å². The van der Waals surface area contributed by atoms with Crippen LogP contribution in [0, 0.1) is 0 Å². The monoisotopic (exact) mass is 235 g/mol. The third kappa shape index (κ3) is 2.84. The first-order chi connectivity index (χ1) is 8.18. The Morgan fingerprint density at radius 1 is 1.29 bits per heavy atom. The molecule has 1 fully saturated rings. The summed E-state index contributed by atoms with van der Waals surface area (Å²) in [5.74, 6) is -0.907. The molecule has 0 heterocycles. The Labute approximate surface area is 100 Å². The number of aliphatic hydroxyl groups excluding tert-OH is 1. The molecule has 1 aliphatic rings. The predicted molar refractivity (Wildman–Crippen MR) is 63.6 cm³/mol. The van der Waals surface area contributed by atoms with Crippen molar-refractivity contribution in [3.8, 4) is 0 Å². The maximum Gasteiger partial charge on any atom is 0.325 e. The number of nitrogens with one attached hydrogen (secondary N) is 1. The van der Waals surface area contributed by atoms with Crippen LogP contribution < -0.4 is 5.32 Å². The van der Waals surface area contributed by atoms with Gasteiger partial charge in [0.25, 0.3) is 0 Å². The van der Waals surface area contributed by atoms with Crippen molar-refractivity contribution >= 4 is 5.97 Å². The maximum absolute atomic E-state index is 11.3. The van der Waals surface area contributed by atoms with Crippen LogP contribution in [0.4, 0.5) is 0 Å². The third-order valence-electron chi connectivity index (χ3n) is 3.24. The molecule has 1 aliphatic carbocycles. The van der Waals surface area contributed by atoms with E-state index in [2.05, 4.69) is 5.32 Å². The van der Waals surface area contributed by atoms with Crippen LogP contribution in [0.5, 0.6) is 0 Å². The van der Waals surface area contributed by atoms with Gasteiger partial charge in [0.05, 0.1) is 6.10 Å². The van der Waals surface area contributed by atoms with Crippen molar-refractivity contribution in [2.45, 2.75) is 37.5 Å².